The summed E-state index contributed by atoms with van der Waals surface area (Å²) in [6, 6.07) is 10.6. The van der Waals surface area contributed by atoms with Gasteiger partial charge >= 0.3 is 0 Å². The van der Waals surface area contributed by atoms with Crippen molar-refractivity contribution in [1.82, 2.24) is 0 Å². The number of hydrogen-bond donors (Lipinski definition) is 0. The molecular formula is C12H20N+. The first-order valence-corrected chi connectivity index (χ1v) is 4.42. The average molecular weight is 178 g/mol. The molecule has 1 aromatic rings. The molecule has 0 fully saturated rings. The minimum atomic E-state index is 0.990. The van der Waals surface area contributed by atoms with E-state index in [9.17, 15) is 0 Å². The van der Waals surface area contributed by atoms with E-state index in [0.717, 1.165) is 11.0 Å². The summed E-state index contributed by atoms with van der Waals surface area (Å²) in [7, 11) is 6.60. The molecule has 0 amide bonds. The summed E-state index contributed by atoms with van der Waals surface area (Å²) in [6.45, 7) is 7.10. The van der Waals surface area contributed by atoms with Gasteiger partial charge < -0.3 is 4.48 Å². The van der Waals surface area contributed by atoms with E-state index < -0.39 is 0 Å². The highest BCUT2D eigenvalue weighted by molar-refractivity contribution is 5.13. The van der Waals surface area contributed by atoms with Gasteiger partial charge in [-0.25, -0.2) is 0 Å². The zero-order valence-corrected chi connectivity index (χ0v) is 8.96. The zero-order valence-electron chi connectivity index (χ0n) is 8.96. The van der Waals surface area contributed by atoms with Gasteiger partial charge in [0, 0.05) is 5.56 Å². The lowest BCUT2D eigenvalue weighted by Crippen LogP contribution is -2.33. The predicted molar refractivity (Wildman–Crippen MR) is 59.4 cm³/mol. The van der Waals surface area contributed by atoms with Crippen LogP contribution < -0.4 is 0 Å². The van der Waals surface area contributed by atoms with Crippen LogP contribution in [0.15, 0.2) is 43.5 Å². The number of hydrogen-bond acceptors (Lipinski definition) is 0. The van der Waals surface area contributed by atoms with Crippen LogP contribution in [0.2, 0.25) is 0 Å². The van der Waals surface area contributed by atoms with E-state index in [1.807, 2.05) is 0 Å². The minimum absolute atomic E-state index is 0.990. The van der Waals surface area contributed by atoms with Crippen molar-refractivity contribution < 1.29 is 4.48 Å². The van der Waals surface area contributed by atoms with Crippen molar-refractivity contribution in [3.63, 3.8) is 0 Å². The quantitative estimate of drug-likeness (QED) is 0.482. The molecule has 1 rings (SSSR count). The van der Waals surface area contributed by atoms with Crippen molar-refractivity contribution in [2.75, 3.05) is 21.1 Å². The third-order valence-corrected chi connectivity index (χ3v) is 1.50. The number of rotatable bonds is 2. The number of quaternary nitrogens is 1. The van der Waals surface area contributed by atoms with Gasteiger partial charge in [0.05, 0.1) is 21.1 Å². The van der Waals surface area contributed by atoms with Crippen LogP contribution in [0.4, 0.5) is 0 Å². The maximum atomic E-state index is 3.00. The standard InChI is InChI=1S/C10H16N.C2H4/c1-11(2,3)9-10-7-5-4-6-8-10;1-2/h4-8H,9H2,1-3H3;1-2H2/q+1;. The molecule has 13 heavy (non-hydrogen) atoms. The van der Waals surface area contributed by atoms with E-state index >= 15 is 0 Å². The third kappa shape index (κ3) is 6.12. The summed E-state index contributed by atoms with van der Waals surface area (Å²) in [5.74, 6) is 0. The highest BCUT2D eigenvalue weighted by Crippen LogP contribution is 2.04. The fraction of sp³-hybridized carbons (Fsp3) is 0.333. The Balaban J connectivity index is 0.000000671. The van der Waals surface area contributed by atoms with Crippen molar-refractivity contribution >= 4 is 0 Å². The van der Waals surface area contributed by atoms with Crippen LogP contribution in [0.1, 0.15) is 5.56 Å². The molecule has 0 bridgehead atoms. The van der Waals surface area contributed by atoms with Crippen molar-refractivity contribution in [2.45, 2.75) is 6.54 Å². The van der Waals surface area contributed by atoms with Gasteiger partial charge in [-0.1, -0.05) is 30.3 Å². The molecule has 0 saturated heterocycles. The molecule has 0 N–H and O–H groups in total. The average Bonchev–Trinajstić information content (AvgIpc) is 2.07. The van der Waals surface area contributed by atoms with Crippen LogP contribution >= 0.6 is 0 Å². The minimum Gasteiger partial charge on any atom is -0.327 e. The molecule has 0 aliphatic rings. The summed E-state index contributed by atoms with van der Waals surface area (Å²) >= 11 is 0. The van der Waals surface area contributed by atoms with E-state index in [4.69, 9.17) is 0 Å². The van der Waals surface area contributed by atoms with Crippen LogP contribution in [0.3, 0.4) is 0 Å². The van der Waals surface area contributed by atoms with E-state index in [1.54, 1.807) is 0 Å². The molecule has 0 aliphatic heterocycles. The molecule has 0 atom stereocenters. The Morgan fingerprint density at radius 3 is 1.85 bits per heavy atom. The first kappa shape index (κ1) is 11.9. The van der Waals surface area contributed by atoms with Crippen LogP contribution in [-0.4, -0.2) is 25.6 Å². The summed E-state index contributed by atoms with van der Waals surface area (Å²) in [5, 5.41) is 0. The molecule has 72 valence electrons. The molecule has 1 nitrogen and oxygen atoms in total. The zero-order chi connectivity index (χ0) is 10.3. The molecule has 0 heterocycles. The fourth-order valence-corrected chi connectivity index (χ4v) is 1.13. The summed E-state index contributed by atoms with van der Waals surface area (Å²) in [5.41, 5.74) is 1.40. The first-order valence-electron chi connectivity index (χ1n) is 4.42. The van der Waals surface area contributed by atoms with Gasteiger partial charge in [-0.3, -0.25) is 0 Å². The Kier molecular flexibility index (Phi) is 5.09. The topological polar surface area (TPSA) is 0 Å². The van der Waals surface area contributed by atoms with Crippen molar-refractivity contribution in [3.8, 4) is 0 Å². The van der Waals surface area contributed by atoms with E-state index in [1.165, 1.54) is 5.56 Å². The van der Waals surface area contributed by atoms with E-state index in [2.05, 4.69) is 64.6 Å². The fourth-order valence-electron chi connectivity index (χ4n) is 1.13. The van der Waals surface area contributed by atoms with Crippen molar-refractivity contribution in [1.29, 1.82) is 0 Å². The largest absolute Gasteiger partial charge is 0.327 e. The van der Waals surface area contributed by atoms with Gasteiger partial charge in [-0.2, -0.15) is 0 Å². The number of nitrogens with zero attached hydrogens (tertiary/aromatic N) is 1. The highest BCUT2D eigenvalue weighted by atomic mass is 15.3. The van der Waals surface area contributed by atoms with E-state index in [-0.39, 0.29) is 0 Å². The van der Waals surface area contributed by atoms with Gasteiger partial charge in [-0.05, 0) is 0 Å². The molecule has 0 spiro atoms. The van der Waals surface area contributed by atoms with Gasteiger partial charge in [0.2, 0.25) is 0 Å². The molecule has 0 unspecified atom stereocenters. The predicted octanol–water partition coefficient (Wildman–Crippen LogP) is 2.70. The molecule has 0 radical (unpaired) electrons. The molecule has 0 aliphatic carbocycles. The van der Waals surface area contributed by atoms with Crippen LogP contribution in [0.25, 0.3) is 0 Å². The maximum absolute atomic E-state index is 3.00. The SMILES string of the molecule is C=C.C[N+](C)(C)Cc1ccccc1. The third-order valence-electron chi connectivity index (χ3n) is 1.50. The Labute approximate surface area is 81.9 Å². The second-order valence-electron chi connectivity index (χ2n) is 3.93. The number of benzene rings is 1. The van der Waals surface area contributed by atoms with Gasteiger partial charge in [0.1, 0.15) is 6.54 Å². The molecule has 0 aromatic heterocycles. The second-order valence-corrected chi connectivity index (χ2v) is 3.93. The van der Waals surface area contributed by atoms with Gasteiger partial charge in [0.25, 0.3) is 0 Å². The highest BCUT2D eigenvalue weighted by Gasteiger charge is 2.06. The smallest absolute Gasteiger partial charge is 0.104 e. The lowest BCUT2D eigenvalue weighted by Gasteiger charge is -2.23. The normalized spacial score (nSPS) is 10.1. The second kappa shape index (κ2) is 5.55. The van der Waals surface area contributed by atoms with Crippen LogP contribution in [-0.2, 0) is 6.54 Å². The van der Waals surface area contributed by atoms with Gasteiger partial charge in [0.15, 0.2) is 0 Å². The van der Waals surface area contributed by atoms with Gasteiger partial charge in [-0.15, -0.1) is 13.2 Å². The Morgan fingerprint density at radius 2 is 1.46 bits per heavy atom. The Bertz CT molecular complexity index is 221. The van der Waals surface area contributed by atoms with E-state index in [0.29, 0.717) is 0 Å². The maximum Gasteiger partial charge on any atom is 0.104 e. The van der Waals surface area contributed by atoms with Crippen molar-refractivity contribution in [3.05, 3.63) is 49.1 Å². The van der Waals surface area contributed by atoms with Crippen molar-refractivity contribution in [2.24, 2.45) is 0 Å². The summed E-state index contributed by atoms with van der Waals surface area (Å²) in [4.78, 5) is 0. The van der Waals surface area contributed by atoms with Crippen LogP contribution in [0, 0.1) is 0 Å². The first-order chi connectivity index (χ1) is 6.08. The molecule has 0 saturated carbocycles. The Hall–Kier alpha value is -1.08. The molecule has 1 heteroatoms. The summed E-state index contributed by atoms with van der Waals surface area (Å²) in [6.07, 6.45) is 0. The monoisotopic (exact) mass is 178 g/mol. The molecule has 1 aromatic carbocycles. The lowest BCUT2D eigenvalue weighted by atomic mass is 10.2. The van der Waals surface area contributed by atoms with Crippen LogP contribution in [0.5, 0.6) is 0 Å². The molecular weight excluding hydrogens is 158 g/mol. The lowest BCUT2D eigenvalue weighted by molar-refractivity contribution is -0.884. The summed E-state index contributed by atoms with van der Waals surface area (Å²) < 4.78 is 0.990. The Morgan fingerprint density at radius 1 is 1.00 bits per heavy atom.